The third-order valence-electron chi connectivity index (χ3n) is 5.56. The van der Waals surface area contributed by atoms with Crippen LogP contribution in [0.25, 0.3) is 0 Å². The van der Waals surface area contributed by atoms with E-state index < -0.39 is 0 Å². The van der Waals surface area contributed by atoms with Crippen LogP contribution in [-0.4, -0.2) is 17.9 Å². The van der Waals surface area contributed by atoms with Gasteiger partial charge in [0.25, 0.3) is 0 Å². The van der Waals surface area contributed by atoms with E-state index in [9.17, 15) is 4.79 Å². The molecule has 5 heteroatoms. The van der Waals surface area contributed by atoms with Gasteiger partial charge in [-0.2, -0.15) is 0 Å². The van der Waals surface area contributed by atoms with Gasteiger partial charge in [-0.3, -0.25) is 4.79 Å². The highest BCUT2D eigenvalue weighted by molar-refractivity contribution is 5.92. The molecule has 3 rings (SSSR count). The number of nitrogens with two attached hydrogens (primary N) is 1. The van der Waals surface area contributed by atoms with Crippen LogP contribution in [0.3, 0.4) is 0 Å². The second kappa shape index (κ2) is 9.60. The minimum atomic E-state index is 0.156. The lowest BCUT2D eigenvalue weighted by Crippen LogP contribution is -2.41. The Morgan fingerprint density at radius 3 is 2.46 bits per heavy atom. The monoisotopic (exact) mass is 356 g/mol. The number of guanidine groups is 1. The largest absolute Gasteiger partial charge is 0.370 e. The number of nitrogens with one attached hydrogen (secondary N) is 2. The van der Waals surface area contributed by atoms with E-state index in [-0.39, 0.29) is 11.8 Å². The van der Waals surface area contributed by atoms with E-state index in [4.69, 9.17) is 5.73 Å². The summed E-state index contributed by atoms with van der Waals surface area (Å²) >= 11 is 0. The average Bonchev–Trinajstić information content (AvgIpc) is 2.68. The molecule has 142 valence electrons. The van der Waals surface area contributed by atoms with Crippen molar-refractivity contribution in [2.45, 2.75) is 76.8 Å². The SMILES string of the molecule is NC(=NCc1cccc(NC(=O)C2CCCCC2)c1)NC1CCCCC1. The molecule has 0 saturated heterocycles. The van der Waals surface area contributed by atoms with E-state index in [1.165, 1.54) is 51.4 Å². The van der Waals surface area contributed by atoms with Gasteiger partial charge in [0.1, 0.15) is 0 Å². The zero-order valence-corrected chi connectivity index (χ0v) is 15.7. The summed E-state index contributed by atoms with van der Waals surface area (Å²) < 4.78 is 0. The van der Waals surface area contributed by atoms with Gasteiger partial charge in [0.15, 0.2) is 5.96 Å². The number of nitrogens with zero attached hydrogens (tertiary/aromatic N) is 1. The molecule has 0 radical (unpaired) electrons. The summed E-state index contributed by atoms with van der Waals surface area (Å²) in [5.41, 5.74) is 7.95. The highest BCUT2D eigenvalue weighted by Crippen LogP contribution is 2.25. The molecular formula is C21H32N4O. The summed E-state index contributed by atoms with van der Waals surface area (Å²) in [6, 6.07) is 8.39. The number of benzene rings is 1. The number of carbonyl (C=O) groups is 1. The Kier molecular flexibility index (Phi) is 6.92. The summed E-state index contributed by atoms with van der Waals surface area (Å²) in [5, 5.41) is 6.41. The van der Waals surface area contributed by atoms with Crippen LogP contribution in [-0.2, 0) is 11.3 Å². The molecular weight excluding hydrogens is 324 g/mol. The molecule has 0 aliphatic heterocycles. The van der Waals surface area contributed by atoms with E-state index in [0.717, 1.165) is 24.1 Å². The molecule has 5 nitrogen and oxygen atoms in total. The first kappa shape index (κ1) is 18.7. The number of hydrogen-bond donors (Lipinski definition) is 3. The third kappa shape index (κ3) is 5.75. The number of amides is 1. The first-order valence-electron chi connectivity index (χ1n) is 10.2. The number of carbonyl (C=O) groups excluding carboxylic acids is 1. The van der Waals surface area contributed by atoms with Crippen LogP contribution in [0.2, 0.25) is 0 Å². The normalized spacial score (nSPS) is 19.9. The summed E-state index contributed by atoms with van der Waals surface area (Å²) in [7, 11) is 0. The fourth-order valence-electron chi connectivity index (χ4n) is 4.03. The van der Waals surface area contributed by atoms with Crippen molar-refractivity contribution in [1.82, 2.24) is 5.32 Å². The number of anilines is 1. The predicted octanol–water partition coefficient (Wildman–Crippen LogP) is 3.94. The lowest BCUT2D eigenvalue weighted by atomic mass is 9.88. The van der Waals surface area contributed by atoms with Crippen molar-refractivity contribution in [2.75, 3.05) is 5.32 Å². The van der Waals surface area contributed by atoms with Gasteiger partial charge >= 0.3 is 0 Å². The van der Waals surface area contributed by atoms with Crippen LogP contribution < -0.4 is 16.4 Å². The van der Waals surface area contributed by atoms with Crippen molar-refractivity contribution in [2.24, 2.45) is 16.6 Å². The smallest absolute Gasteiger partial charge is 0.227 e. The molecule has 26 heavy (non-hydrogen) atoms. The minimum absolute atomic E-state index is 0.156. The summed E-state index contributed by atoms with van der Waals surface area (Å²) in [5.74, 6) is 0.845. The Hall–Kier alpha value is -2.04. The maximum absolute atomic E-state index is 12.4. The van der Waals surface area contributed by atoms with Gasteiger partial charge in [0, 0.05) is 17.6 Å². The number of hydrogen-bond acceptors (Lipinski definition) is 2. The highest BCUT2D eigenvalue weighted by atomic mass is 16.1. The Morgan fingerprint density at radius 2 is 1.73 bits per heavy atom. The number of aliphatic imine (C=N–C) groups is 1. The molecule has 2 aliphatic rings. The summed E-state index contributed by atoms with van der Waals surface area (Å²) in [4.78, 5) is 16.9. The fourth-order valence-corrected chi connectivity index (χ4v) is 4.03. The first-order chi connectivity index (χ1) is 12.7. The Balaban J connectivity index is 1.51. The molecule has 0 atom stereocenters. The standard InChI is InChI=1S/C21H32N4O/c22-21(25-18-11-5-2-6-12-18)23-15-16-8-7-13-19(14-16)24-20(26)17-9-3-1-4-10-17/h7-8,13-14,17-18H,1-6,9-12,15H2,(H,24,26)(H3,22,23,25). The van der Waals surface area contributed by atoms with Crippen LogP contribution in [0.1, 0.15) is 69.8 Å². The Bertz CT molecular complexity index is 616. The molecule has 2 fully saturated rings. The van der Waals surface area contributed by atoms with Gasteiger partial charge in [-0.15, -0.1) is 0 Å². The van der Waals surface area contributed by atoms with Crippen LogP contribution in [0.5, 0.6) is 0 Å². The van der Waals surface area contributed by atoms with E-state index in [0.29, 0.717) is 18.5 Å². The van der Waals surface area contributed by atoms with Crippen molar-refractivity contribution < 1.29 is 4.79 Å². The second-order valence-corrected chi connectivity index (χ2v) is 7.71. The summed E-state index contributed by atoms with van der Waals surface area (Å²) in [6.07, 6.45) is 11.8. The molecule has 0 heterocycles. The molecule has 0 aromatic heterocycles. The highest BCUT2D eigenvalue weighted by Gasteiger charge is 2.21. The Labute approximate surface area is 156 Å². The quantitative estimate of drug-likeness (QED) is 0.552. The second-order valence-electron chi connectivity index (χ2n) is 7.71. The maximum atomic E-state index is 12.4. The number of rotatable bonds is 5. The Morgan fingerprint density at radius 1 is 1.04 bits per heavy atom. The lowest BCUT2D eigenvalue weighted by molar-refractivity contribution is -0.120. The first-order valence-corrected chi connectivity index (χ1v) is 10.2. The van der Waals surface area contributed by atoms with Crippen molar-refractivity contribution in [3.8, 4) is 0 Å². The van der Waals surface area contributed by atoms with Crippen LogP contribution in [0.15, 0.2) is 29.3 Å². The third-order valence-corrected chi connectivity index (χ3v) is 5.56. The van der Waals surface area contributed by atoms with Crippen LogP contribution >= 0.6 is 0 Å². The van der Waals surface area contributed by atoms with Gasteiger partial charge in [0.05, 0.1) is 6.54 Å². The predicted molar refractivity (Wildman–Crippen MR) is 107 cm³/mol. The molecule has 0 spiro atoms. The molecule has 2 saturated carbocycles. The van der Waals surface area contributed by atoms with Gasteiger partial charge < -0.3 is 16.4 Å². The van der Waals surface area contributed by atoms with E-state index >= 15 is 0 Å². The molecule has 1 aromatic carbocycles. The lowest BCUT2D eigenvalue weighted by Gasteiger charge is -2.23. The van der Waals surface area contributed by atoms with E-state index in [1.807, 2.05) is 24.3 Å². The van der Waals surface area contributed by atoms with Crippen molar-refractivity contribution in [3.05, 3.63) is 29.8 Å². The molecule has 2 aliphatic carbocycles. The van der Waals surface area contributed by atoms with Crippen LogP contribution in [0, 0.1) is 5.92 Å². The zero-order valence-electron chi connectivity index (χ0n) is 15.7. The molecule has 1 amide bonds. The fraction of sp³-hybridized carbons (Fsp3) is 0.619. The van der Waals surface area contributed by atoms with Crippen molar-refractivity contribution in [3.63, 3.8) is 0 Å². The zero-order chi connectivity index (χ0) is 18.2. The van der Waals surface area contributed by atoms with E-state index in [1.54, 1.807) is 0 Å². The van der Waals surface area contributed by atoms with Crippen molar-refractivity contribution in [1.29, 1.82) is 0 Å². The van der Waals surface area contributed by atoms with Crippen molar-refractivity contribution >= 4 is 17.6 Å². The van der Waals surface area contributed by atoms with Gasteiger partial charge in [-0.05, 0) is 43.4 Å². The van der Waals surface area contributed by atoms with Gasteiger partial charge in [-0.25, -0.2) is 4.99 Å². The molecule has 4 N–H and O–H groups in total. The van der Waals surface area contributed by atoms with E-state index in [2.05, 4.69) is 15.6 Å². The molecule has 0 bridgehead atoms. The van der Waals surface area contributed by atoms with Crippen LogP contribution in [0.4, 0.5) is 5.69 Å². The van der Waals surface area contributed by atoms with Gasteiger partial charge in [-0.1, -0.05) is 50.7 Å². The molecule has 0 unspecified atom stereocenters. The minimum Gasteiger partial charge on any atom is -0.370 e. The van der Waals surface area contributed by atoms with Gasteiger partial charge in [0.2, 0.25) is 5.91 Å². The molecule has 1 aromatic rings. The topological polar surface area (TPSA) is 79.5 Å². The maximum Gasteiger partial charge on any atom is 0.227 e. The average molecular weight is 357 g/mol. The summed E-state index contributed by atoms with van der Waals surface area (Å²) in [6.45, 7) is 0.526.